The molecule has 0 aliphatic heterocycles. The molecule has 0 aromatic heterocycles. The Hall–Kier alpha value is -0.190. The fraction of sp³-hybridized carbons (Fsp3) is 0.864. The number of methoxy groups -OCH3 is 1. The Kier molecular flexibility index (Phi) is 5.17. The molecule has 27 heavy (non-hydrogen) atoms. The fourth-order valence-electron chi connectivity index (χ4n) is 7.20. The van der Waals surface area contributed by atoms with Crippen molar-refractivity contribution in [1.29, 1.82) is 0 Å². The van der Waals surface area contributed by atoms with Gasteiger partial charge in [-0.05, 0) is 61.7 Å². The van der Waals surface area contributed by atoms with Crippen LogP contribution in [0.4, 0.5) is 0 Å². The Morgan fingerprint density at radius 3 is 2.67 bits per heavy atom. The van der Waals surface area contributed by atoms with Crippen molar-refractivity contribution >= 4 is 30.2 Å². The van der Waals surface area contributed by atoms with Crippen molar-refractivity contribution in [3.63, 3.8) is 0 Å². The molecule has 0 radical (unpaired) electrons. The number of thiol groups is 1. The lowest BCUT2D eigenvalue weighted by Gasteiger charge is -2.60. The molecular weight excluding hydrogens is 380 g/mol. The molecule has 0 aromatic carbocycles. The zero-order chi connectivity index (χ0) is 19.6. The number of esters is 1. The van der Waals surface area contributed by atoms with Gasteiger partial charge in [0.2, 0.25) is 0 Å². The fourth-order valence-corrected chi connectivity index (χ4v) is 8.04. The summed E-state index contributed by atoms with van der Waals surface area (Å²) in [5.41, 5.74) is 1.76. The lowest BCUT2D eigenvalue weighted by atomic mass is 9.46. The summed E-state index contributed by atoms with van der Waals surface area (Å²) in [7, 11) is 1.86. The molecular formula is C22H33ClO3S. The third-order valence-electron chi connectivity index (χ3n) is 8.58. The molecule has 0 saturated heterocycles. The summed E-state index contributed by atoms with van der Waals surface area (Å²) in [6.45, 7) is 6.27. The Morgan fingerprint density at radius 1 is 1.26 bits per heavy atom. The highest BCUT2D eigenvalue weighted by molar-refractivity contribution is 7.81. The summed E-state index contributed by atoms with van der Waals surface area (Å²) in [6.07, 6.45) is 8.96. The number of hydrogen-bond donors (Lipinski definition) is 1. The standard InChI is InChI=1S/C22H33ClO3S/c1-12(24)26-20-17(23)11-16-19-15(6-8-22(16,20)3)21(2)7-5-14(27)9-13(21)10-18(19)25-4/h9,14-20,27H,5-8,10-11H2,1-4H3/t14-,15?,16?,17+,18-,19?,20?,21-,22-/m0/s1. The number of carbonyl (C=O) groups excluding carboxylic acids is 1. The Morgan fingerprint density at radius 2 is 2.00 bits per heavy atom. The summed E-state index contributed by atoms with van der Waals surface area (Å²) in [5, 5.41) is 0.279. The van der Waals surface area contributed by atoms with E-state index in [0.29, 0.717) is 23.0 Å². The first-order valence-electron chi connectivity index (χ1n) is 10.4. The van der Waals surface area contributed by atoms with Gasteiger partial charge in [0, 0.05) is 24.7 Å². The van der Waals surface area contributed by atoms with Crippen LogP contribution in [-0.4, -0.2) is 35.9 Å². The van der Waals surface area contributed by atoms with Crippen LogP contribution in [0.1, 0.15) is 59.3 Å². The zero-order valence-electron chi connectivity index (χ0n) is 16.9. The highest BCUT2D eigenvalue weighted by Crippen LogP contribution is 2.66. The van der Waals surface area contributed by atoms with Gasteiger partial charge in [-0.15, -0.1) is 11.6 Å². The van der Waals surface area contributed by atoms with Crippen molar-refractivity contribution < 1.29 is 14.3 Å². The van der Waals surface area contributed by atoms with Crippen molar-refractivity contribution in [2.45, 2.75) is 82.1 Å². The maximum absolute atomic E-state index is 11.7. The summed E-state index contributed by atoms with van der Waals surface area (Å²) < 4.78 is 11.8. The number of carbonyl (C=O) groups is 1. The van der Waals surface area contributed by atoms with E-state index in [9.17, 15) is 4.79 Å². The molecule has 4 aliphatic carbocycles. The maximum atomic E-state index is 11.7. The van der Waals surface area contributed by atoms with Crippen molar-refractivity contribution in [2.75, 3.05) is 7.11 Å². The lowest BCUT2D eigenvalue weighted by molar-refractivity contribution is -0.162. The Labute approximate surface area is 174 Å². The summed E-state index contributed by atoms with van der Waals surface area (Å²) in [5.74, 6) is 1.32. The second-order valence-electron chi connectivity index (χ2n) is 9.81. The van der Waals surface area contributed by atoms with Gasteiger partial charge in [0.25, 0.3) is 0 Å². The average molecular weight is 413 g/mol. The van der Waals surface area contributed by atoms with E-state index in [4.69, 9.17) is 33.7 Å². The maximum Gasteiger partial charge on any atom is 0.302 e. The molecule has 0 heterocycles. The highest BCUT2D eigenvalue weighted by Gasteiger charge is 2.64. The Balaban J connectivity index is 1.71. The number of halogens is 1. The van der Waals surface area contributed by atoms with E-state index in [2.05, 4.69) is 19.9 Å². The third kappa shape index (κ3) is 3.00. The monoisotopic (exact) mass is 412 g/mol. The van der Waals surface area contributed by atoms with Gasteiger partial charge in [0.1, 0.15) is 6.10 Å². The van der Waals surface area contributed by atoms with Gasteiger partial charge in [0.15, 0.2) is 0 Å². The molecule has 5 heteroatoms. The third-order valence-corrected chi connectivity index (χ3v) is 9.39. The number of rotatable bonds is 2. The average Bonchev–Trinajstić information content (AvgIpc) is 2.86. The van der Waals surface area contributed by atoms with Crippen LogP contribution in [0.15, 0.2) is 11.6 Å². The first kappa shape index (κ1) is 20.1. The van der Waals surface area contributed by atoms with Gasteiger partial charge in [-0.25, -0.2) is 0 Å². The number of ether oxygens (including phenoxy) is 2. The second-order valence-corrected chi connectivity index (χ2v) is 11.0. The molecule has 4 aliphatic rings. The van der Waals surface area contributed by atoms with E-state index in [-0.39, 0.29) is 34.4 Å². The first-order valence-corrected chi connectivity index (χ1v) is 11.4. The predicted molar refractivity (Wildman–Crippen MR) is 111 cm³/mol. The summed E-state index contributed by atoms with van der Waals surface area (Å²) in [6, 6.07) is 0. The van der Waals surface area contributed by atoms with E-state index < -0.39 is 0 Å². The van der Waals surface area contributed by atoms with Gasteiger partial charge < -0.3 is 9.47 Å². The van der Waals surface area contributed by atoms with Gasteiger partial charge >= 0.3 is 5.97 Å². The molecule has 3 nitrogen and oxygen atoms in total. The molecule has 0 aromatic rings. The van der Waals surface area contributed by atoms with E-state index in [0.717, 1.165) is 32.1 Å². The quantitative estimate of drug-likeness (QED) is 0.299. The smallest absolute Gasteiger partial charge is 0.302 e. The molecule has 9 atom stereocenters. The molecule has 152 valence electrons. The van der Waals surface area contributed by atoms with E-state index >= 15 is 0 Å². The van der Waals surface area contributed by atoms with Crippen molar-refractivity contribution in [2.24, 2.45) is 28.6 Å². The normalized spacial score (nSPS) is 51.6. The molecule has 0 N–H and O–H groups in total. The molecule has 4 rings (SSSR count). The minimum absolute atomic E-state index is 0.0473. The number of alkyl halides is 1. The molecule has 0 spiro atoms. The topological polar surface area (TPSA) is 35.5 Å². The van der Waals surface area contributed by atoms with E-state index in [1.165, 1.54) is 13.3 Å². The molecule has 0 bridgehead atoms. The van der Waals surface area contributed by atoms with Crippen molar-refractivity contribution in [1.82, 2.24) is 0 Å². The highest BCUT2D eigenvalue weighted by atomic mass is 35.5. The molecule has 3 fully saturated rings. The van der Waals surface area contributed by atoms with Crippen LogP contribution in [-0.2, 0) is 14.3 Å². The lowest BCUT2D eigenvalue weighted by Crippen LogP contribution is -2.56. The number of fused-ring (bicyclic) bond motifs is 5. The van der Waals surface area contributed by atoms with Crippen molar-refractivity contribution in [3.8, 4) is 0 Å². The van der Waals surface area contributed by atoms with Gasteiger partial charge in [-0.2, -0.15) is 12.6 Å². The first-order chi connectivity index (χ1) is 12.7. The summed E-state index contributed by atoms with van der Waals surface area (Å²) in [4.78, 5) is 11.7. The SMILES string of the molecule is CO[C@H]1CC2=C[C@@H](S)CC[C@]2(C)C2CC[C@@]3(C)C(C[C@@H](Cl)C3OC(C)=O)C21. The van der Waals surface area contributed by atoms with Crippen LogP contribution >= 0.6 is 24.2 Å². The van der Waals surface area contributed by atoms with Gasteiger partial charge in [0.05, 0.1) is 11.5 Å². The molecule has 0 amide bonds. The van der Waals surface area contributed by atoms with Crippen LogP contribution in [0.3, 0.4) is 0 Å². The van der Waals surface area contributed by atoms with Crippen LogP contribution < -0.4 is 0 Å². The molecule has 3 saturated carbocycles. The van der Waals surface area contributed by atoms with Crippen LogP contribution in [0.25, 0.3) is 0 Å². The minimum atomic E-state index is -0.217. The minimum Gasteiger partial charge on any atom is -0.460 e. The Bertz CT molecular complexity index is 651. The van der Waals surface area contributed by atoms with E-state index in [1.807, 2.05) is 7.11 Å². The number of hydrogen-bond acceptors (Lipinski definition) is 4. The van der Waals surface area contributed by atoms with Crippen LogP contribution in [0.2, 0.25) is 0 Å². The molecule has 4 unspecified atom stereocenters. The largest absolute Gasteiger partial charge is 0.460 e. The van der Waals surface area contributed by atoms with Gasteiger partial charge in [-0.3, -0.25) is 4.79 Å². The second kappa shape index (κ2) is 6.95. The van der Waals surface area contributed by atoms with E-state index in [1.54, 1.807) is 5.57 Å². The predicted octanol–water partition coefficient (Wildman–Crippen LogP) is 5.02. The summed E-state index contributed by atoms with van der Waals surface area (Å²) >= 11 is 11.5. The van der Waals surface area contributed by atoms with Gasteiger partial charge in [-0.1, -0.05) is 25.5 Å². The zero-order valence-corrected chi connectivity index (χ0v) is 18.6. The van der Waals surface area contributed by atoms with Crippen molar-refractivity contribution in [3.05, 3.63) is 11.6 Å². The van der Waals surface area contributed by atoms with Crippen LogP contribution in [0.5, 0.6) is 0 Å². The van der Waals surface area contributed by atoms with Crippen LogP contribution in [0, 0.1) is 28.6 Å².